The van der Waals surface area contributed by atoms with Crippen LogP contribution >= 0.6 is 0 Å². The smallest absolute Gasteiger partial charge is 0.191 e. The van der Waals surface area contributed by atoms with Crippen LogP contribution in [0.3, 0.4) is 0 Å². The summed E-state index contributed by atoms with van der Waals surface area (Å²) in [4.78, 5) is 4.67. The van der Waals surface area contributed by atoms with Crippen LogP contribution in [0.1, 0.15) is 45.2 Å². The van der Waals surface area contributed by atoms with Crippen LogP contribution in [0.15, 0.2) is 29.3 Å². The molecule has 0 saturated heterocycles. The Morgan fingerprint density at radius 3 is 2.42 bits per heavy atom. The summed E-state index contributed by atoms with van der Waals surface area (Å²) in [6.07, 6.45) is 2.15. The average Bonchev–Trinajstić information content (AvgIpc) is 2.45. The minimum absolute atomic E-state index is 0.444. The molecule has 0 heterocycles. The predicted molar refractivity (Wildman–Crippen MR) is 83.5 cm³/mol. The molecule has 0 saturated carbocycles. The monoisotopic (exact) mass is 261 g/mol. The van der Waals surface area contributed by atoms with E-state index in [1.165, 1.54) is 11.1 Å². The van der Waals surface area contributed by atoms with E-state index in [1.54, 1.807) is 0 Å². The van der Waals surface area contributed by atoms with E-state index in [1.807, 2.05) is 0 Å². The molecule has 1 aromatic carbocycles. The van der Waals surface area contributed by atoms with Crippen molar-refractivity contribution in [2.45, 2.75) is 53.1 Å². The molecule has 1 rings (SSSR count). The van der Waals surface area contributed by atoms with Gasteiger partial charge in [-0.15, -0.1) is 0 Å². The molecule has 0 spiro atoms. The minimum atomic E-state index is 0.444. The zero-order valence-corrected chi connectivity index (χ0v) is 12.7. The number of benzene rings is 1. The van der Waals surface area contributed by atoms with E-state index in [4.69, 9.17) is 0 Å². The summed E-state index contributed by atoms with van der Waals surface area (Å²) in [6, 6.07) is 8.96. The molecule has 0 fully saturated rings. The first kappa shape index (κ1) is 15.5. The van der Waals surface area contributed by atoms with Crippen molar-refractivity contribution in [1.29, 1.82) is 0 Å². The first-order valence-corrected chi connectivity index (χ1v) is 7.32. The Morgan fingerprint density at radius 1 is 1.16 bits per heavy atom. The Morgan fingerprint density at radius 2 is 1.84 bits per heavy atom. The van der Waals surface area contributed by atoms with E-state index in [0.29, 0.717) is 6.04 Å². The highest BCUT2D eigenvalue weighted by Crippen LogP contribution is 2.10. The number of aryl methyl sites for hydroxylation is 1. The molecular weight excluding hydrogens is 234 g/mol. The van der Waals surface area contributed by atoms with Crippen LogP contribution in [0, 0.1) is 0 Å². The molecule has 3 nitrogen and oxygen atoms in total. The highest BCUT2D eigenvalue weighted by atomic mass is 15.2. The second-order valence-electron chi connectivity index (χ2n) is 4.77. The van der Waals surface area contributed by atoms with E-state index >= 15 is 0 Å². The van der Waals surface area contributed by atoms with Crippen molar-refractivity contribution in [2.75, 3.05) is 6.54 Å². The molecular formula is C16H27N3. The predicted octanol–water partition coefficient (Wildman–Crippen LogP) is 3.10. The second-order valence-corrected chi connectivity index (χ2v) is 4.77. The van der Waals surface area contributed by atoms with Gasteiger partial charge < -0.3 is 10.6 Å². The third-order valence-electron chi connectivity index (χ3n) is 3.25. The Hall–Kier alpha value is -1.51. The second kappa shape index (κ2) is 8.57. The highest BCUT2D eigenvalue weighted by Gasteiger charge is 2.03. The molecule has 2 N–H and O–H groups in total. The van der Waals surface area contributed by atoms with Crippen molar-refractivity contribution < 1.29 is 0 Å². The molecule has 19 heavy (non-hydrogen) atoms. The molecule has 0 amide bonds. The molecule has 0 bridgehead atoms. The molecule has 1 aromatic rings. The molecule has 0 aromatic heterocycles. The maximum Gasteiger partial charge on any atom is 0.191 e. The number of hydrogen-bond donors (Lipinski definition) is 2. The van der Waals surface area contributed by atoms with Crippen LogP contribution in [-0.4, -0.2) is 18.5 Å². The van der Waals surface area contributed by atoms with Gasteiger partial charge in [0.25, 0.3) is 0 Å². The van der Waals surface area contributed by atoms with Crippen LogP contribution in [0.2, 0.25) is 0 Å². The fourth-order valence-electron chi connectivity index (χ4n) is 1.88. The average molecular weight is 261 g/mol. The number of aliphatic imine (C=N–C) groups is 1. The summed E-state index contributed by atoms with van der Waals surface area (Å²) in [5.74, 6) is 0.905. The summed E-state index contributed by atoms with van der Waals surface area (Å²) < 4.78 is 0. The van der Waals surface area contributed by atoms with Crippen molar-refractivity contribution in [1.82, 2.24) is 10.6 Å². The minimum Gasteiger partial charge on any atom is -0.357 e. The molecule has 0 radical (unpaired) electrons. The lowest BCUT2D eigenvalue weighted by molar-refractivity contribution is 0.624. The van der Waals surface area contributed by atoms with Crippen LogP contribution < -0.4 is 10.6 Å². The largest absolute Gasteiger partial charge is 0.357 e. The quantitative estimate of drug-likeness (QED) is 0.610. The fourth-order valence-corrected chi connectivity index (χ4v) is 1.88. The van der Waals surface area contributed by atoms with Crippen molar-refractivity contribution in [3.05, 3.63) is 35.4 Å². The number of nitrogens with zero attached hydrogens (tertiary/aromatic N) is 1. The van der Waals surface area contributed by atoms with Crippen molar-refractivity contribution in [3.63, 3.8) is 0 Å². The Balaban J connectivity index is 2.73. The summed E-state index contributed by atoms with van der Waals surface area (Å²) >= 11 is 0. The molecule has 0 aliphatic rings. The summed E-state index contributed by atoms with van der Waals surface area (Å²) in [7, 11) is 0. The lowest BCUT2D eigenvalue weighted by Gasteiger charge is -2.16. The van der Waals surface area contributed by atoms with E-state index < -0.39 is 0 Å². The van der Waals surface area contributed by atoms with Gasteiger partial charge in [0.2, 0.25) is 0 Å². The lowest BCUT2D eigenvalue weighted by Crippen LogP contribution is -2.41. The van der Waals surface area contributed by atoms with Gasteiger partial charge in [-0.2, -0.15) is 0 Å². The zero-order valence-electron chi connectivity index (χ0n) is 12.7. The third-order valence-corrected chi connectivity index (χ3v) is 3.25. The van der Waals surface area contributed by atoms with Gasteiger partial charge in [-0.25, -0.2) is 4.99 Å². The standard InChI is InChI=1S/C16H27N3/c1-5-13(4)19-16(17-7-3)18-12-15-11-9-8-10-14(15)6-2/h8-11,13H,5-7,12H2,1-4H3,(H2,17,18,19). The SMILES string of the molecule is CCNC(=NCc1ccccc1CC)NC(C)CC. The van der Waals surface area contributed by atoms with Gasteiger partial charge in [0.15, 0.2) is 5.96 Å². The molecule has 3 heteroatoms. The Kier molecular flexibility index (Phi) is 7.01. The van der Waals surface area contributed by atoms with Crippen LogP contribution in [0.25, 0.3) is 0 Å². The van der Waals surface area contributed by atoms with E-state index in [-0.39, 0.29) is 0 Å². The Labute approximate surface area is 117 Å². The molecule has 0 aliphatic carbocycles. The van der Waals surface area contributed by atoms with Gasteiger partial charge in [-0.3, -0.25) is 0 Å². The van der Waals surface area contributed by atoms with Gasteiger partial charge >= 0.3 is 0 Å². The summed E-state index contributed by atoms with van der Waals surface area (Å²) in [5, 5.41) is 6.71. The third kappa shape index (κ3) is 5.33. The van der Waals surface area contributed by atoms with E-state index in [2.05, 4.69) is 67.6 Å². The first-order valence-electron chi connectivity index (χ1n) is 7.32. The molecule has 1 unspecified atom stereocenters. The van der Waals surface area contributed by atoms with Gasteiger partial charge in [0.05, 0.1) is 6.54 Å². The normalized spacial score (nSPS) is 13.2. The number of hydrogen-bond acceptors (Lipinski definition) is 1. The lowest BCUT2D eigenvalue weighted by atomic mass is 10.1. The topological polar surface area (TPSA) is 36.4 Å². The van der Waals surface area contributed by atoms with Gasteiger partial charge in [0.1, 0.15) is 0 Å². The Bertz CT molecular complexity index is 399. The molecule has 0 aliphatic heterocycles. The van der Waals surface area contributed by atoms with Gasteiger partial charge in [0, 0.05) is 12.6 Å². The molecule has 1 atom stereocenters. The van der Waals surface area contributed by atoms with Crippen LogP contribution in [0.5, 0.6) is 0 Å². The fraction of sp³-hybridized carbons (Fsp3) is 0.562. The van der Waals surface area contributed by atoms with Crippen molar-refractivity contribution in [3.8, 4) is 0 Å². The maximum atomic E-state index is 4.67. The van der Waals surface area contributed by atoms with Crippen LogP contribution in [-0.2, 0) is 13.0 Å². The maximum absolute atomic E-state index is 4.67. The summed E-state index contributed by atoms with van der Waals surface area (Å²) in [5.41, 5.74) is 2.69. The number of nitrogens with one attached hydrogen (secondary N) is 2. The zero-order chi connectivity index (χ0) is 14.1. The highest BCUT2D eigenvalue weighted by molar-refractivity contribution is 5.80. The summed E-state index contributed by atoms with van der Waals surface area (Å²) in [6.45, 7) is 10.2. The first-order chi connectivity index (χ1) is 9.21. The van der Waals surface area contributed by atoms with E-state index in [0.717, 1.165) is 31.9 Å². The van der Waals surface area contributed by atoms with Gasteiger partial charge in [-0.1, -0.05) is 38.1 Å². The number of rotatable bonds is 6. The molecule has 106 valence electrons. The van der Waals surface area contributed by atoms with Crippen molar-refractivity contribution >= 4 is 5.96 Å². The van der Waals surface area contributed by atoms with Crippen LogP contribution in [0.4, 0.5) is 0 Å². The van der Waals surface area contributed by atoms with Crippen molar-refractivity contribution in [2.24, 2.45) is 4.99 Å². The van der Waals surface area contributed by atoms with Gasteiger partial charge in [-0.05, 0) is 37.8 Å². The number of guanidine groups is 1. The van der Waals surface area contributed by atoms with E-state index in [9.17, 15) is 0 Å².